The number of carbonyl (C=O) groups is 1. The standard InChI is InChI=1S/C16H21BClNO3/c1-15(2)16(3,4)22-17(21-15)12-10-11(7-8-13(12)18)19-9-5-6-14(19)20/h7-8,10H,5-6,9H2,1-4H3. The molecule has 0 aromatic heterocycles. The maximum absolute atomic E-state index is 11.9. The van der Waals surface area contributed by atoms with Gasteiger partial charge in [-0.3, -0.25) is 4.79 Å². The fraction of sp³-hybridized carbons (Fsp3) is 0.562. The molecule has 1 amide bonds. The molecule has 118 valence electrons. The summed E-state index contributed by atoms with van der Waals surface area (Å²) in [7, 11) is -0.518. The Balaban J connectivity index is 1.93. The summed E-state index contributed by atoms with van der Waals surface area (Å²) in [6.07, 6.45) is 1.50. The highest BCUT2D eigenvalue weighted by atomic mass is 35.5. The number of benzene rings is 1. The van der Waals surface area contributed by atoms with Gasteiger partial charge in [0.15, 0.2) is 0 Å². The Morgan fingerprint density at radius 3 is 2.36 bits per heavy atom. The molecule has 4 nitrogen and oxygen atoms in total. The van der Waals surface area contributed by atoms with E-state index in [1.807, 2.05) is 45.9 Å². The number of rotatable bonds is 2. The maximum Gasteiger partial charge on any atom is 0.496 e. The first-order valence-electron chi connectivity index (χ1n) is 7.67. The van der Waals surface area contributed by atoms with Crippen molar-refractivity contribution >= 4 is 35.8 Å². The highest BCUT2D eigenvalue weighted by Crippen LogP contribution is 2.37. The molecular formula is C16H21BClNO3. The first kappa shape index (κ1) is 15.8. The molecule has 1 aromatic carbocycles. The predicted octanol–water partition coefficient (Wildman–Crippen LogP) is 2.77. The molecule has 0 N–H and O–H groups in total. The van der Waals surface area contributed by atoms with Crippen molar-refractivity contribution in [3.63, 3.8) is 0 Å². The molecule has 22 heavy (non-hydrogen) atoms. The largest absolute Gasteiger partial charge is 0.496 e. The summed E-state index contributed by atoms with van der Waals surface area (Å²) in [5.41, 5.74) is 0.801. The molecule has 0 unspecified atom stereocenters. The van der Waals surface area contributed by atoms with Gasteiger partial charge in [-0.15, -0.1) is 0 Å². The minimum Gasteiger partial charge on any atom is -0.399 e. The van der Waals surface area contributed by atoms with E-state index >= 15 is 0 Å². The van der Waals surface area contributed by atoms with E-state index < -0.39 is 18.3 Å². The second-order valence-corrected chi connectivity index (χ2v) is 7.35. The second-order valence-electron chi connectivity index (χ2n) is 6.94. The molecule has 2 aliphatic heterocycles. The van der Waals surface area contributed by atoms with Gasteiger partial charge in [-0.25, -0.2) is 0 Å². The number of nitrogens with zero attached hydrogens (tertiary/aromatic N) is 1. The fourth-order valence-electron chi connectivity index (χ4n) is 2.77. The average Bonchev–Trinajstić information content (AvgIpc) is 2.92. The zero-order valence-corrected chi connectivity index (χ0v) is 14.2. The summed E-state index contributed by atoms with van der Waals surface area (Å²) < 4.78 is 12.1. The van der Waals surface area contributed by atoms with E-state index in [2.05, 4.69) is 0 Å². The van der Waals surface area contributed by atoms with Crippen molar-refractivity contribution < 1.29 is 14.1 Å². The van der Waals surface area contributed by atoms with Crippen LogP contribution in [0.1, 0.15) is 40.5 Å². The van der Waals surface area contributed by atoms with Gasteiger partial charge in [0, 0.05) is 29.1 Å². The van der Waals surface area contributed by atoms with E-state index in [1.54, 1.807) is 4.90 Å². The molecule has 0 radical (unpaired) electrons. The van der Waals surface area contributed by atoms with Crippen LogP contribution in [0.15, 0.2) is 18.2 Å². The van der Waals surface area contributed by atoms with E-state index in [0.717, 1.165) is 24.1 Å². The minimum atomic E-state index is -0.518. The quantitative estimate of drug-likeness (QED) is 0.786. The lowest BCUT2D eigenvalue weighted by molar-refractivity contribution is -0.117. The number of anilines is 1. The van der Waals surface area contributed by atoms with Crippen LogP contribution in [0.2, 0.25) is 5.02 Å². The smallest absolute Gasteiger partial charge is 0.399 e. The number of hydrogen-bond acceptors (Lipinski definition) is 3. The van der Waals surface area contributed by atoms with Gasteiger partial charge in [0.25, 0.3) is 0 Å². The van der Waals surface area contributed by atoms with Gasteiger partial charge < -0.3 is 14.2 Å². The summed E-state index contributed by atoms with van der Waals surface area (Å²) in [5.74, 6) is 0.155. The lowest BCUT2D eigenvalue weighted by Crippen LogP contribution is -2.41. The monoisotopic (exact) mass is 321 g/mol. The van der Waals surface area contributed by atoms with Crippen LogP contribution in [0.4, 0.5) is 5.69 Å². The normalized spacial score (nSPS) is 23.4. The number of amides is 1. The van der Waals surface area contributed by atoms with Crippen molar-refractivity contribution in [2.75, 3.05) is 11.4 Å². The van der Waals surface area contributed by atoms with Gasteiger partial charge in [0.05, 0.1) is 11.2 Å². The highest BCUT2D eigenvalue weighted by Gasteiger charge is 2.52. The van der Waals surface area contributed by atoms with Gasteiger partial charge in [0.2, 0.25) is 5.91 Å². The summed E-state index contributed by atoms with van der Waals surface area (Å²) in [6, 6.07) is 5.59. The zero-order chi connectivity index (χ0) is 16.1. The van der Waals surface area contributed by atoms with Crippen LogP contribution >= 0.6 is 11.6 Å². The Hall–Kier alpha value is -1.04. The van der Waals surface area contributed by atoms with Gasteiger partial charge in [0.1, 0.15) is 0 Å². The molecule has 2 aliphatic rings. The number of hydrogen-bond donors (Lipinski definition) is 0. The third-order valence-electron chi connectivity index (χ3n) is 4.87. The summed E-state index contributed by atoms with van der Waals surface area (Å²) in [4.78, 5) is 13.7. The van der Waals surface area contributed by atoms with Crippen molar-refractivity contribution in [2.24, 2.45) is 0 Å². The first-order chi connectivity index (χ1) is 10.2. The van der Waals surface area contributed by atoms with Crippen LogP contribution in [-0.2, 0) is 14.1 Å². The van der Waals surface area contributed by atoms with Crippen molar-refractivity contribution in [1.29, 1.82) is 0 Å². The topological polar surface area (TPSA) is 38.8 Å². The van der Waals surface area contributed by atoms with Crippen molar-refractivity contribution in [3.05, 3.63) is 23.2 Å². The summed E-state index contributed by atoms with van der Waals surface area (Å²) in [5, 5.41) is 0.592. The summed E-state index contributed by atoms with van der Waals surface area (Å²) in [6.45, 7) is 8.79. The SMILES string of the molecule is CC1(C)OB(c2cc(N3CCCC3=O)ccc2Cl)OC1(C)C. The average molecular weight is 322 g/mol. The Labute approximate surface area is 136 Å². The van der Waals surface area contributed by atoms with E-state index in [9.17, 15) is 4.79 Å². The third-order valence-corrected chi connectivity index (χ3v) is 5.22. The van der Waals surface area contributed by atoms with Crippen molar-refractivity contribution in [1.82, 2.24) is 0 Å². The molecular weight excluding hydrogens is 300 g/mol. The Morgan fingerprint density at radius 1 is 1.18 bits per heavy atom. The van der Waals surface area contributed by atoms with Gasteiger partial charge in [-0.05, 0) is 52.3 Å². The summed E-state index contributed by atoms with van der Waals surface area (Å²) >= 11 is 6.34. The first-order valence-corrected chi connectivity index (χ1v) is 8.04. The second kappa shape index (κ2) is 5.26. The number of carbonyl (C=O) groups excluding carboxylic acids is 1. The third kappa shape index (κ3) is 2.55. The number of halogens is 1. The molecule has 6 heteroatoms. The molecule has 2 heterocycles. The Morgan fingerprint density at radius 2 is 1.82 bits per heavy atom. The van der Waals surface area contributed by atoms with E-state index in [-0.39, 0.29) is 5.91 Å². The van der Waals surface area contributed by atoms with E-state index in [1.165, 1.54) is 0 Å². The molecule has 0 spiro atoms. The van der Waals surface area contributed by atoms with Crippen LogP contribution in [0.3, 0.4) is 0 Å². The molecule has 2 fully saturated rings. The van der Waals surface area contributed by atoms with Crippen molar-refractivity contribution in [2.45, 2.75) is 51.7 Å². The molecule has 1 aromatic rings. The maximum atomic E-state index is 11.9. The zero-order valence-electron chi connectivity index (χ0n) is 13.5. The van der Waals surface area contributed by atoms with Gasteiger partial charge in [-0.1, -0.05) is 11.6 Å². The van der Waals surface area contributed by atoms with E-state index in [4.69, 9.17) is 20.9 Å². The lowest BCUT2D eigenvalue weighted by atomic mass is 9.78. The van der Waals surface area contributed by atoms with Crippen LogP contribution in [0.25, 0.3) is 0 Å². The molecule has 0 aliphatic carbocycles. The van der Waals surface area contributed by atoms with Crippen LogP contribution in [0, 0.1) is 0 Å². The predicted molar refractivity (Wildman–Crippen MR) is 88.8 cm³/mol. The molecule has 2 saturated heterocycles. The van der Waals surface area contributed by atoms with Crippen molar-refractivity contribution in [3.8, 4) is 0 Å². The Kier molecular flexibility index (Phi) is 3.79. The molecule has 3 rings (SSSR count). The molecule has 0 saturated carbocycles. The molecule has 0 atom stereocenters. The van der Waals surface area contributed by atoms with E-state index in [0.29, 0.717) is 11.4 Å². The molecule has 0 bridgehead atoms. The fourth-order valence-corrected chi connectivity index (χ4v) is 2.98. The minimum absolute atomic E-state index is 0.155. The Bertz CT molecular complexity index is 601. The lowest BCUT2D eigenvalue weighted by Gasteiger charge is -2.32. The van der Waals surface area contributed by atoms with Gasteiger partial charge in [-0.2, -0.15) is 0 Å². The van der Waals surface area contributed by atoms with Crippen LogP contribution in [0.5, 0.6) is 0 Å². The van der Waals surface area contributed by atoms with Crippen LogP contribution < -0.4 is 10.4 Å². The highest BCUT2D eigenvalue weighted by molar-refractivity contribution is 6.65. The van der Waals surface area contributed by atoms with Crippen LogP contribution in [-0.4, -0.2) is 30.8 Å². The van der Waals surface area contributed by atoms with Gasteiger partial charge >= 0.3 is 7.12 Å².